The Hall–Kier alpha value is -2.90. The Kier molecular flexibility index (Phi) is 4.40. The van der Waals surface area contributed by atoms with Crippen LogP contribution in [0, 0.1) is 34.6 Å². The van der Waals surface area contributed by atoms with E-state index < -0.39 is 34.7 Å². The first kappa shape index (κ1) is 19.4. The molecule has 2 bridgehead atoms. The fourth-order valence-corrected chi connectivity index (χ4v) is 4.52. The lowest BCUT2D eigenvalue weighted by Crippen LogP contribution is -2.77. The third kappa shape index (κ3) is 3.26. The Balaban J connectivity index is 1.35. The van der Waals surface area contributed by atoms with Crippen molar-refractivity contribution < 1.29 is 27.2 Å². The molecule has 2 N–H and O–H groups in total. The van der Waals surface area contributed by atoms with Gasteiger partial charge < -0.3 is 10.6 Å². The van der Waals surface area contributed by atoms with Gasteiger partial charge in [0.15, 0.2) is 17.5 Å². The van der Waals surface area contributed by atoms with Crippen molar-refractivity contribution >= 4 is 17.5 Å². The van der Waals surface area contributed by atoms with Gasteiger partial charge in [-0.05, 0) is 61.1 Å². The van der Waals surface area contributed by atoms with Crippen LogP contribution in [0.1, 0.15) is 36.5 Å². The van der Waals surface area contributed by atoms with Crippen LogP contribution in [-0.2, 0) is 4.79 Å². The van der Waals surface area contributed by atoms with E-state index in [0.29, 0.717) is 37.1 Å². The second-order valence-corrected chi connectivity index (χ2v) is 8.10. The normalized spacial score (nSPS) is 25.4. The Morgan fingerprint density at radius 1 is 0.966 bits per heavy atom. The second-order valence-electron chi connectivity index (χ2n) is 8.10. The van der Waals surface area contributed by atoms with Gasteiger partial charge in [-0.3, -0.25) is 9.59 Å². The molecule has 3 fully saturated rings. The van der Waals surface area contributed by atoms with Crippen molar-refractivity contribution in [2.75, 3.05) is 5.32 Å². The van der Waals surface area contributed by atoms with Gasteiger partial charge >= 0.3 is 0 Å². The molecule has 0 aromatic heterocycles. The number of hydrogen-bond donors (Lipinski definition) is 2. The van der Waals surface area contributed by atoms with Crippen LogP contribution in [0.4, 0.5) is 23.2 Å². The molecule has 0 unspecified atom stereocenters. The molecule has 5 rings (SSSR count). The van der Waals surface area contributed by atoms with Crippen molar-refractivity contribution in [1.82, 2.24) is 5.32 Å². The number of hydrogen-bond acceptors (Lipinski definition) is 2. The topological polar surface area (TPSA) is 58.2 Å². The van der Waals surface area contributed by atoms with E-state index in [1.54, 1.807) is 6.92 Å². The molecular formula is C21H18F4N2O2. The summed E-state index contributed by atoms with van der Waals surface area (Å²) in [6.45, 7) is 1.80. The number of anilines is 1. The zero-order valence-electron chi connectivity index (χ0n) is 15.5. The molecule has 152 valence electrons. The highest BCUT2D eigenvalue weighted by molar-refractivity contribution is 5.96. The van der Waals surface area contributed by atoms with Crippen LogP contribution in [0.5, 0.6) is 0 Å². The third-order valence-electron chi connectivity index (χ3n) is 6.12. The minimum Gasteiger partial charge on any atom is -0.347 e. The van der Waals surface area contributed by atoms with Crippen molar-refractivity contribution in [3.05, 3.63) is 65.2 Å². The SMILES string of the molecule is C[C@H](C(=O)Nc1ccc(F)cc1)C12CC(NC(=O)c3cc(F)c(F)c(F)c3)(C1)C2. The molecule has 4 nitrogen and oxygen atoms in total. The standard InChI is InChI=1S/C21H18F4N2O2/c1-11(18(28)26-14-4-2-13(22)3-5-14)20-8-21(9-20,10-20)27-19(29)12-6-15(23)17(25)16(24)7-12/h2-7,11H,8-10H2,1H3,(H,26,28)(H,27,29)/t11-,20?,21?/m1/s1. The Bertz CT molecular complexity index is 963. The van der Waals surface area contributed by atoms with E-state index in [9.17, 15) is 27.2 Å². The number of benzene rings is 2. The smallest absolute Gasteiger partial charge is 0.251 e. The van der Waals surface area contributed by atoms with Crippen LogP contribution in [0.25, 0.3) is 0 Å². The molecule has 3 aliphatic rings. The van der Waals surface area contributed by atoms with E-state index in [1.807, 2.05) is 0 Å². The number of carbonyl (C=O) groups is 2. The van der Waals surface area contributed by atoms with Crippen LogP contribution in [0.2, 0.25) is 0 Å². The maximum absolute atomic E-state index is 13.3. The van der Waals surface area contributed by atoms with E-state index in [-0.39, 0.29) is 22.8 Å². The van der Waals surface area contributed by atoms with E-state index in [2.05, 4.69) is 10.6 Å². The molecule has 1 atom stereocenters. The molecule has 2 amide bonds. The minimum absolute atomic E-state index is 0.195. The first-order valence-corrected chi connectivity index (χ1v) is 9.17. The minimum atomic E-state index is -1.62. The van der Waals surface area contributed by atoms with Gasteiger partial charge in [0.05, 0.1) is 0 Å². The molecule has 3 saturated carbocycles. The predicted octanol–water partition coefficient (Wildman–Crippen LogP) is 4.17. The number of amides is 2. The second kappa shape index (κ2) is 6.57. The highest BCUT2D eigenvalue weighted by Crippen LogP contribution is 2.70. The molecule has 29 heavy (non-hydrogen) atoms. The Morgan fingerprint density at radius 3 is 2.07 bits per heavy atom. The quantitative estimate of drug-likeness (QED) is 0.579. The molecule has 2 aromatic carbocycles. The summed E-state index contributed by atoms with van der Waals surface area (Å²) in [6.07, 6.45) is 1.70. The van der Waals surface area contributed by atoms with E-state index in [0.717, 1.165) is 0 Å². The number of nitrogens with one attached hydrogen (secondary N) is 2. The van der Waals surface area contributed by atoms with Crippen LogP contribution in [0.15, 0.2) is 36.4 Å². The van der Waals surface area contributed by atoms with Crippen LogP contribution in [0.3, 0.4) is 0 Å². The maximum Gasteiger partial charge on any atom is 0.251 e. The van der Waals surface area contributed by atoms with Gasteiger partial charge in [-0.1, -0.05) is 6.92 Å². The van der Waals surface area contributed by atoms with Crippen molar-refractivity contribution in [3.8, 4) is 0 Å². The Morgan fingerprint density at radius 2 is 1.52 bits per heavy atom. The van der Waals surface area contributed by atoms with Gasteiger partial charge in [-0.25, -0.2) is 17.6 Å². The van der Waals surface area contributed by atoms with E-state index >= 15 is 0 Å². The monoisotopic (exact) mass is 406 g/mol. The number of carbonyl (C=O) groups excluding carboxylic acids is 2. The molecule has 0 spiro atoms. The first-order valence-electron chi connectivity index (χ1n) is 9.17. The average molecular weight is 406 g/mol. The summed E-state index contributed by atoms with van der Waals surface area (Å²) in [7, 11) is 0. The van der Waals surface area contributed by atoms with Gasteiger partial charge in [0.25, 0.3) is 5.91 Å². The summed E-state index contributed by atoms with van der Waals surface area (Å²) in [6, 6.07) is 6.79. The van der Waals surface area contributed by atoms with E-state index in [4.69, 9.17) is 0 Å². The molecule has 0 aliphatic heterocycles. The molecule has 0 radical (unpaired) electrons. The highest BCUT2D eigenvalue weighted by Gasteiger charge is 2.71. The lowest BCUT2D eigenvalue weighted by atomic mass is 9.36. The maximum atomic E-state index is 13.3. The van der Waals surface area contributed by atoms with Gasteiger partial charge in [0.2, 0.25) is 5.91 Å². The van der Waals surface area contributed by atoms with Crippen molar-refractivity contribution in [1.29, 1.82) is 0 Å². The zero-order chi connectivity index (χ0) is 21.0. The summed E-state index contributed by atoms with van der Waals surface area (Å²) in [5, 5.41) is 5.51. The summed E-state index contributed by atoms with van der Waals surface area (Å²) in [5.74, 6) is -6.06. The molecule has 0 heterocycles. The van der Waals surface area contributed by atoms with Gasteiger partial charge in [-0.2, -0.15) is 0 Å². The lowest BCUT2D eigenvalue weighted by Gasteiger charge is -2.72. The average Bonchev–Trinajstić information content (AvgIpc) is 2.62. The van der Waals surface area contributed by atoms with Gasteiger partial charge in [0.1, 0.15) is 5.82 Å². The van der Waals surface area contributed by atoms with Crippen molar-refractivity contribution in [2.45, 2.75) is 31.7 Å². The molecule has 0 saturated heterocycles. The van der Waals surface area contributed by atoms with Crippen molar-refractivity contribution in [3.63, 3.8) is 0 Å². The molecule has 3 aliphatic carbocycles. The molecule has 8 heteroatoms. The lowest BCUT2D eigenvalue weighted by molar-refractivity contribution is -0.184. The van der Waals surface area contributed by atoms with Crippen LogP contribution in [-0.4, -0.2) is 17.4 Å². The summed E-state index contributed by atoms with van der Waals surface area (Å²) in [5.41, 5.74) is -0.556. The first-order chi connectivity index (χ1) is 13.6. The van der Waals surface area contributed by atoms with Gasteiger partial charge in [-0.15, -0.1) is 0 Å². The highest BCUT2D eigenvalue weighted by atomic mass is 19.2. The zero-order valence-corrected chi connectivity index (χ0v) is 15.5. The number of rotatable bonds is 5. The Labute approximate surface area is 164 Å². The summed E-state index contributed by atoms with van der Waals surface area (Å²) >= 11 is 0. The fraction of sp³-hybridized carbons (Fsp3) is 0.333. The van der Waals surface area contributed by atoms with E-state index in [1.165, 1.54) is 24.3 Å². The molecule has 2 aromatic rings. The van der Waals surface area contributed by atoms with Gasteiger partial charge in [0, 0.05) is 22.7 Å². The number of halogens is 4. The van der Waals surface area contributed by atoms with Crippen LogP contribution < -0.4 is 10.6 Å². The summed E-state index contributed by atoms with van der Waals surface area (Å²) < 4.78 is 52.7. The predicted molar refractivity (Wildman–Crippen MR) is 97.0 cm³/mol. The third-order valence-corrected chi connectivity index (χ3v) is 6.12. The van der Waals surface area contributed by atoms with Crippen molar-refractivity contribution in [2.24, 2.45) is 11.3 Å². The largest absolute Gasteiger partial charge is 0.347 e. The fourth-order valence-electron chi connectivity index (χ4n) is 4.52. The van der Waals surface area contributed by atoms with Crippen LogP contribution >= 0.6 is 0 Å². The summed E-state index contributed by atoms with van der Waals surface area (Å²) in [4.78, 5) is 24.8. The molecular weight excluding hydrogens is 388 g/mol.